The van der Waals surface area contributed by atoms with E-state index in [1.807, 2.05) is 0 Å². The maximum atomic E-state index is 14.3. The molecule has 0 spiro atoms. The molecule has 0 amide bonds. The van der Waals surface area contributed by atoms with Gasteiger partial charge in [-0.2, -0.15) is 0 Å². The summed E-state index contributed by atoms with van der Waals surface area (Å²) in [6.07, 6.45) is 3.35. The zero-order valence-corrected chi connectivity index (χ0v) is 22.1. The number of nitrogens with zero attached hydrogens (tertiary/aromatic N) is 3. The molecular weight excluding hydrogens is 540 g/mol. The number of benzene rings is 2. The monoisotopic (exact) mass is 561 g/mol. The van der Waals surface area contributed by atoms with Gasteiger partial charge in [-0.05, 0) is 43.5 Å². The van der Waals surface area contributed by atoms with Crippen molar-refractivity contribution in [1.82, 2.24) is 15.0 Å². The Hall–Kier alpha value is -2.79. The molecule has 4 aromatic rings. The molecule has 0 atom stereocenters. The Balaban J connectivity index is 1.60. The van der Waals surface area contributed by atoms with Gasteiger partial charge in [-0.3, -0.25) is 0 Å². The third kappa shape index (κ3) is 5.29. The highest BCUT2D eigenvalue weighted by Crippen LogP contribution is 2.43. The second-order valence-electron chi connectivity index (χ2n) is 8.69. The van der Waals surface area contributed by atoms with Crippen molar-refractivity contribution in [2.75, 3.05) is 13.2 Å². The van der Waals surface area contributed by atoms with Crippen molar-refractivity contribution in [1.29, 1.82) is 0 Å². The van der Waals surface area contributed by atoms with Crippen LogP contribution in [-0.2, 0) is 20.3 Å². The van der Waals surface area contributed by atoms with Gasteiger partial charge in [0.15, 0.2) is 9.84 Å². The van der Waals surface area contributed by atoms with Crippen LogP contribution in [0.4, 0.5) is 8.78 Å². The van der Waals surface area contributed by atoms with Crippen LogP contribution in [0.2, 0.25) is 5.02 Å². The van der Waals surface area contributed by atoms with E-state index in [1.54, 1.807) is 31.3 Å². The Labute approximate surface area is 222 Å². The van der Waals surface area contributed by atoms with Gasteiger partial charge < -0.3 is 4.74 Å². The molecule has 5 rings (SSSR count). The van der Waals surface area contributed by atoms with Gasteiger partial charge in [-0.25, -0.2) is 32.2 Å². The number of hydrogen-bond acceptors (Lipinski definition) is 7. The highest BCUT2D eigenvalue weighted by atomic mass is 35.5. The average molecular weight is 562 g/mol. The van der Waals surface area contributed by atoms with Crippen molar-refractivity contribution >= 4 is 32.8 Å². The van der Waals surface area contributed by atoms with Crippen LogP contribution < -0.4 is 0 Å². The fraction of sp³-hybridized carbons (Fsp3) is 0.269. The van der Waals surface area contributed by atoms with Gasteiger partial charge in [0.1, 0.15) is 22.4 Å². The molecule has 6 nitrogen and oxygen atoms in total. The lowest BCUT2D eigenvalue weighted by Gasteiger charge is -2.19. The molecule has 2 aromatic carbocycles. The van der Waals surface area contributed by atoms with Gasteiger partial charge in [0.05, 0.1) is 32.0 Å². The van der Waals surface area contributed by atoms with Crippen molar-refractivity contribution in [2.45, 2.75) is 36.3 Å². The van der Waals surface area contributed by atoms with Crippen LogP contribution in [0.25, 0.3) is 21.8 Å². The molecule has 11 heteroatoms. The molecule has 3 heterocycles. The molecule has 1 aliphatic heterocycles. The van der Waals surface area contributed by atoms with Gasteiger partial charge in [-0.1, -0.05) is 35.9 Å². The van der Waals surface area contributed by atoms with Gasteiger partial charge >= 0.3 is 0 Å². The van der Waals surface area contributed by atoms with Crippen LogP contribution in [-0.4, -0.2) is 36.6 Å². The van der Waals surface area contributed by atoms with Crippen LogP contribution in [0.3, 0.4) is 0 Å². The molecular formula is C26H22ClF2N3O3S2. The average Bonchev–Trinajstić information content (AvgIpc) is 3.31. The fourth-order valence-corrected chi connectivity index (χ4v) is 7.43. The van der Waals surface area contributed by atoms with E-state index in [0.717, 1.165) is 40.9 Å². The first-order chi connectivity index (χ1) is 17.7. The van der Waals surface area contributed by atoms with Gasteiger partial charge in [0.25, 0.3) is 0 Å². The Morgan fingerprint density at radius 1 is 1.05 bits per heavy atom. The van der Waals surface area contributed by atoms with Crippen LogP contribution in [0.15, 0.2) is 53.6 Å². The summed E-state index contributed by atoms with van der Waals surface area (Å²) in [5.41, 5.74) is 1.99. The minimum atomic E-state index is -4.36. The van der Waals surface area contributed by atoms with E-state index in [2.05, 4.69) is 9.97 Å². The lowest BCUT2D eigenvalue weighted by atomic mass is 10.0. The van der Waals surface area contributed by atoms with Crippen LogP contribution in [0.5, 0.6) is 0 Å². The van der Waals surface area contributed by atoms with Crippen molar-refractivity contribution in [3.63, 3.8) is 0 Å². The highest BCUT2D eigenvalue weighted by Gasteiger charge is 2.28. The second kappa shape index (κ2) is 10.5. The number of hydrogen-bond donors (Lipinski definition) is 0. The molecule has 0 bridgehead atoms. The van der Waals surface area contributed by atoms with E-state index in [1.165, 1.54) is 17.4 Å². The summed E-state index contributed by atoms with van der Waals surface area (Å²) >= 11 is 8.28. The molecule has 1 aliphatic rings. The zero-order chi connectivity index (χ0) is 26.2. The van der Waals surface area contributed by atoms with Crippen molar-refractivity contribution in [2.24, 2.45) is 0 Å². The first-order valence-corrected chi connectivity index (χ1v) is 14.4. The van der Waals surface area contributed by atoms with Gasteiger partial charge in [0, 0.05) is 30.9 Å². The molecule has 2 aromatic heterocycles. The molecule has 0 unspecified atom stereocenters. The number of thiazole rings is 1. The summed E-state index contributed by atoms with van der Waals surface area (Å²) in [4.78, 5) is 13.5. The minimum Gasteiger partial charge on any atom is -0.381 e. The summed E-state index contributed by atoms with van der Waals surface area (Å²) in [5, 5.41) is 1.07. The van der Waals surface area contributed by atoms with E-state index < -0.39 is 32.1 Å². The minimum absolute atomic E-state index is 0.152. The zero-order valence-electron chi connectivity index (χ0n) is 19.7. The van der Waals surface area contributed by atoms with Crippen molar-refractivity contribution in [3.05, 3.63) is 81.7 Å². The Morgan fingerprint density at radius 3 is 2.46 bits per heavy atom. The summed E-state index contributed by atoms with van der Waals surface area (Å²) in [7, 11) is -4.36. The Bertz CT molecular complexity index is 1550. The van der Waals surface area contributed by atoms with Crippen molar-refractivity contribution in [3.8, 4) is 21.8 Å². The maximum Gasteiger partial charge on any atom is 0.188 e. The first-order valence-electron chi connectivity index (χ1n) is 11.6. The SMILES string of the molecule is Cc1nccc(-c2sc(C3CCOCC3)nc2-c2cccc(CS(=O)(=O)c3c(F)cccc3F)c2Cl)n1. The highest BCUT2D eigenvalue weighted by molar-refractivity contribution is 7.90. The number of sulfone groups is 1. The fourth-order valence-electron chi connectivity index (χ4n) is 4.33. The van der Waals surface area contributed by atoms with Gasteiger partial charge in [0.2, 0.25) is 0 Å². The summed E-state index contributed by atoms with van der Waals surface area (Å²) < 4.78 is 60.0. The maximum absolute atomic E-state index is 14.3. The Morgan fingerprint density at radius 2 is 1.76 bits per heavy atom. The molecule has 0 radical (unpaired) electrons. The molecule has 0 aliphatic carbocycles. The quantitative estimate of drug-likeness (QED) is 0.272. The van der Waals surface area contributed by atoms with E-state index in [4.69, 9.17) is 21.3 Å². The van der Waals surface area contributed by atoms with Gasteiger partial charge in [-0.15, -0.1) is 11.3 Å². The summed E-state index contributed by atoms with van der Waals surface area (Å²) in [6.45, 7) is 3.11. The molecule has 1 saturated heterocycles. The molecule has 1 fully saturated rings. The summed E-state index contributed by atoms with van der Waals surface area (Å²) in [5.74, 6) is -2.14. The molecule has 0 saturated carbocycles. The number of ether oxygens (including phenoxy) is 1. The van der Waals surface area contributed by atoms with E-state index >= 15 is 0 Å². The first kappa shape index (κ1) is 25.8. The normalized spacial score (nSPS) is 14.7. The molecule has 37 heavy (non-hydrogen) atoms. The number of rotatable bonds is 6. The predicted octanol–water partition coefficient (Wildman–Crippen LogP) is 6.38. The largest absolute Gasteiger partial charge is 0.381 e. The van der Waals surface area contributed by atoms with Crippen LogP contribution >= 0.6 is 22.9 Å². The topological polar surface area (TPSA) is 82.0 Å². The molecule has 0 N–H and O–H groups in total. The van der Waals surface area contributed by atoms with E-state index in [-0.39, 0.29) is 16.5 Å². The number of aromatic nitrogens is 3. The van der Waals surface area contributed by atoms with E-state index in [9.17, 15) is 17.2 Å². The molecule has 192 valence electrons. The van der Waals surface area contributed by atoms with E-state index in [0.29, 0.717) is 36.0 Å². The lowest BCUT2D eigenvalue weighted by molar-refractivity contribution is 0.0853. The second-order valence-corrected chi connectivity index (χ2v) is 12.0. The third-order valence-electron chi connectivity index (χ3n) is 6.13. The number of halogens is 3. The third-order valence-corrected chi connectivity index (χ3v) is 9.52. The lowest BCUT2D eigenvalue weighted by Crippen LogP contribution is -2.13. The van der Waals surface area contributed by atoms with Crippen LogP contribution in [0.1, 0.15) is 35.2 Å². The smallest absolute Gasteiger partial charge is 0.188 e. The number of aryl methyl sites for hydroxylation is 1. The van der Waals surface area contributed by atoms with Crippen LogP contribution in [0, 0.1) is 18.6 Å². The van der Waals surface area contributed by atoms with Crippen molar-refractivity contribution < 1.29 is 21.9 Å². The standard InChI is InChI=1S/C26H22ClF2N3O3S2/c1-15-30-11-8-21(31-15)24-23(32-26(36-24)16-9-12-35-13-10-16)18-5-2-4-17(22(18)27)14-37(33,34)25-19(28)6-3-7-20(25)29/h2-8,11,16H,9-10,12-14H2,1H3. The predicted molar refractivity (Wildman–Crippen MR) is 138 cm³/mol. The summed E-state index contributed by atoms with van der Waals surface area (Å²) in [6, 6.07) is 9.68. The Kier molecular flexibility index (Phi) is 7.35.